The van der Waals surface area contributed by atoms with Gasteiger partial charge in [0, 0.05) is 51.8 Å². The van der Waals surface area contributed by atoms with Crippen LogP contribution < -0.4 is 4.90 Å². The third-order valence-electron chi connectivity index (χ3n) is 5.95. The lowest BCUT2D eigenvalue weighted by atomic mass is 9.94. The number of anilines is 1. The number of hydrogen-bond donors (Lipinski definition) is 0. The SMILES string of the molecule is CC(C)CN(C)C(=O)C1CCN(c2ccc(S(=O)(=O)N3CCOCC3)cc2[N+](=O)[O-])CC1. The number of sulfonamides is 1. The van der Waals surface area contributed by atoms with Crippen LogP contribution in [-0.4, -0.2) is 81.4 Å². The first-order valence-corrected chi connectivity index (χ1v) is 12.4. The maximum Gasteiger partial charge on any atom is 0.293 e. The highest BCUT2D eigenvalue weighted by Crippen LogP contribution is 2.34. The predicted octanol–water partition coefficient (Wildman–Crippen LogP) is 1.95. The van der Waals surface area contributed by atoms with Crippen LogP contribution in [0.4, 0.5) is 11.4 Å². The first kappa shape index (κ1) is 24.4. The molecule has 0 bridgehead atoms. The molecule has 178 valence electrons. The Morgan fingerprint density at radius 2 is 1.84 bits per heavy atom. The lowest BCUT2D eigenvalue weighted by Crippen LogP contribution is -2.42. The van der Waals surface area contributed by atoms with Gasteiger partial charge in [0.2, 0.25) is 15.9 Å². The molecule has 0 radical (unpaired) electrons. The zero-order valence-corrected chi connectivity index (χ0v) is 19.7. The monoisotopic (exact) mass is 468 g/mol. The summed E-state index contributed by atoms with van der Waals surface area (Å²) in [6.45, 7) is 6.89. The highest BCUT2D eigenvalue weighted by atomic mass is 32.2. The van der Waals surface area contributed by atoms with E-state index in [4.69, 9.17) is 4.74 Å². The van der Waals surface area contributed by atoms with Gasteiger partial charge in [0.1, 0.15) is 5.69 Å². The van der Waals surface area contributed by atoms with Gasteiger partial charge in [0.25, 0.3) is 5.69 Å². The van der Waals surface area contributed by atoms with Gasteiger partial charge in [0.15, 0.2) is 0 Å². The maximum atomic E-state index is 12.9. The summed E-state index contributed by atoms with van der Waals surface area (Å²) in [4.78, 5) is 27.5. The van der Waals surface area contributed by atoms with Crippen molar-refractivity contribution in [3.8, 4) is 0 Å². The summed E-state index contributed by atoms with van der Waals surface area (Å²) < 4.78 is 32.3. The van der Waals surface area contributed by atoms with Gasteiger partial charge in [-0.15, -0.1) is 0 Å². The summed E-state index contributed by atoms with van der Waals surface area (Å²) in [6.07, 6.45) is 1.21. The summed E-state index contributed by atoms with van der Waals surface area (Å²) in [7, 11) is -2.01. The largest absolute Gasteiger partial charge is 0.379 e. The number of nitrogens with zero attached hydrogens (tertiary/aromatic N) is 4. The number of piperidine rings is 1. The molecule has 0 aliphatic carbocycles. The Hall–Kier alpha value is -2.24. The summed E-state index contributed by atoms with van der Waals surface area (Å²) >= 11 is 0. The molecule has 32 heavy (non-hydrogen) atoms. The predicted molar refractivity (Wildman–Crippen MR) is 120 cm³/mol. The van der Waals surface area contributed by atoms with Gasteiger partial charge < -0.3 is 14.5 Å². The summed E-state index contributed by atoms with van der Waals surface area (Å²) in [5.41, 5.74) is 0.151. The van der Waals surface area contributed by atoms with E-state index >= 15 is 0 Å². The topological polar surface area (TPSA) is 113 Å². The quantitative estimate of drug-likeness (QED) is 0.444. The molecule has 2 aliphatic rings. The number of benzene rings is 1. The molecular formula is C21H32N4O6S. The second-order valence-corrected chi connectivity index (χ2v) is 10.7. The molecule has 1 aromatic rings. The van der Waals surface area contributed by atoms with Crippen LogP contribution in [-0.2, 0) is 19.6 Å². The third-order valence-corrected chi connectivity index (χ3v) is 7.85. The van der Waals surface area contributed by atoms with Crippen molar-refractivity contribution >= 4 is 27.3 Å². The average Bonchev–Trinajstić information content (AvgIpc) is 2.78. The molecule has 2 heterocycles. The van der Waals surface area contributed by atoms with E-state index in [1.54, 1.807) is 4.90 Å². The number of morpholine rings is 1. The van der Waals surface area contributed by atoms with Crippen molar-refractivity contribution in [2.75, 3.05) is 57.9 Å². The first-order valence-electron chi connectivity index (χ1n) is 11.0. The van der Waals surface area contributed by atoms with E-state index in [1.165, 1.54) is 16.4 Å². The van der Waals surface area contributed by atoms with Gasteiger partial charge in [-0.3, -0.25) is 14.9 Å². The fourth-order valence-electron chi connectivity index (χ4n) is 4.33. The molecular weight excluding hydrogens is 436 g/mol. The van der Waals surface area contributed by atoms with Crippen molar-refractivity contribution in [1.29, 1.82) is 0 Å². The molecule has 3 rings (SSSR count). The molecule has 0 aromatic heterocycles. The molecule has 0 saturated carbocycles. The van der Waals surface area contributed by atoms with Gasteiger partial charge >= 0.3 is 0 Å². The van der Waals surface area contributed by atoms with Crippen molar-refractivity contribution in [3.63, 3.8) is 0 Å². The maximum absolute atomic E-state index is 12.9. The molecule has 0 atom stereocenters. The number of amides is 1. The molecule has 11 heteroatoms. The first-order chi connectivity index (χ1) is 15.1. The van der Waals surface area contributed by atoms with Gasteiger partial charge in [-0.25, -0.2) is 8.42 Å². The van der Waals surface area contributed by atoms with E-state index in [2.05, 4.69) is 13.8 Å². The number of carbonyl (C=O) groups excluding carboxylic acids is 1. The van der Waals surface area contributed by atoms with Crippen molar-refractivity contribution in [1.82, 2.24) is 9.21 Å². The van der Waals surface area contributed by atoms with Gasteiger partial charge in [-0.1, -0.05) is 13.8 Å². The molecule has 1 amide bonds. The third kappa shape index (κ3) is 5.38. The molecule has 2 aliphatic heterocycles. The molecule has 0 N–H and O–H groups in total. The van der Waals surface area contributed by atoms with Crippen LogP contribution in [0.25, 0.3) is 0 Å². The Kier molecular flexibility index (Phi) is 7.73. The Labute approximate surface area is 189 Å². The molecule has 0 spiro atoms. The van der Waals surface area contributed by atoms with Crippen molar-refractivity contribution in [2.45, 2.75) is 31.6 Å². The van der Waals surface area contributed by atoms with Crippen LogP contribution in [0.2, 0.25) is 0 Å². The molecule has 0 unspecified atom stereocenters. The second-order valence-electron chi connectivity index (χ2n) is 8.80. The van der Waals surface area contributed by atoms with Crippen LogP contribution in [0.1, 0.15) is 26.7 Å². The fourth-order valence-corrected chi connectivity index (χ4v) is 5.76. The second kappa shape index (κ2) is 10.1. The normalized spacial score (nSPS) is 18.7. The lowest BCUT2D eigenvalue weighted by Gasteiger charge is -2.34. The number of nitro benzene ring substituents is 1. The van der Waals surface area contributed by atoms with Crippen LogP contribution in [0.5, 0.6) is 0 Å². The van der Waals surface area contributed by atoms with Crippen LogP contribution in [0, 0.1) is 22.0 Å². The van der Waals surface area contributed by atoms with E-state index in [1.807, 2.05) is 11.9 Å². The highest BCUT2D eigenvalue weighted by molar-refractivity contribution is 7.89. The minimum absolute atomic E-state index is 0.0878. The van der Waals surface area contributed by atoms with E-state index in [-0.39, 0.29) is 35.5 Å². The van der Waals surface area contributed by atoms with Crippen molar-refractivity contribution in [2.24, 2.45) is 11.8 Å². The summed E-state index contributed by atoms with van der Waals surface area (Å²) in [5.74, 6) is 0.397. The zero-order chi connectivity index (χ0) is 23.5. The van der Waals surface area contributed by atoms with E-state index < -0.39 is 14.9 Å². The fraction of sp³-hybridized carbons (Fsp3) is 0.667. The van der Waals surface area contributed by atoms with E-state index in [9.17, 15) is 23.3 Å². The van der Waals surface area contributed by atoms with Gasteiger partial charge in [0.05, 0.1) is 23.0 Å². The number of carbonyl (C=O) groups is 1. The van der Waals surface area contributed by atoms with Crippen LogP contribution in [0.15, 0.2) is 23.1 Å². The molecule has 2 saturated heterocycles. The van der Waals surface area contributed by atoms with Crippen molar-refractivity contribution < 1.29 is 22.9 Å². The number of hydrogen-bond acceptors (Lipinski definition) is 7. The Balaban J connectivity index is 1.75. The smallest absolute Gasteiger partial charge is 0.293 e. The zero-order valence-electron chi connectivity index (χ0n) is 18.9. The minimum atomic E-state index is -3.82. The van der Waals surface area contributed by atoms with E-state index in [0.29, 0.717) is 57.3 Å². The van der Waals surface area contributed by atoms with Gasteiger partial charge in [-0.2, -0.15) is 4.31 Å². The van der Waals surface area contributed by atoms with Crippen LogP contribution in [0.3, 0.4) is 0 Å². The Morgan fingerprint density at radius 3 is 2.41 bits per heavy atom. The number of nitro groups is 1. The van der Waals surface area contributed by atoms with Gasteiger partial charge in [-0.05, 0) is 30.9 Å². The highest BCUT2D eigenvalue weighted by Gasteiger charge is 2.32. The summed E-state index contributed by atoms with van der Waals surface area (Å²) in [5, 5.41) is 11.8. The average molecular weight is 469 g/mol. The summed E-state index contributed by atoms with van der Waals surface area (Å²) in [6, 6.07) is 4.09. The van der Waals surface area contributed by atoms with Crippen molar-refractivity contribution in [3.05, 3.63) is 28.3 Å². The standard InChI is InChI=1S/C21H32N4O6S/c1-16(2)15-22(3)21(26)17-6-8-23(9-7-17)19-5-4-18(14-20(19)25(27)28)32(29,30)24-10-12-31-13-11-24/h4-5,14,16-17H,6-13,15H2,1-3H3. The van der Waals surface area contributed by atoms with E-state index in [0.717, 1.165) is 6.07 Å². The lowest BCUT2D eigenvalue weighted by molar-refractivity contribution is -0.384. The Bertz CT molecular complexity index is 938. The molecule has 1 aromatic carbocycles. The number of ether oxygens (including phenoxy) is 1. The minimum Gasteiger partial charge on any atom is -0.379 e. The van der Waals surface area contributed by atoms with Crippen LogP contribution >= 0.6 is 0 Å². The molecule has 10 nitrogen and oxygen atoms in total. The Morgan fingerprint density at radius 1 is 1.22 bits per heavy atom. The molecule has 2 fully saturated rings. The number of rotatable bonds is 7.